The van der Waals surface area contributed by atoms with E-state index in [9.17, 15) is 5.11 Å². The zero-order chi connectivity index (χ0) is 13.8. The molecule has 0 saturated carbocycles. The minimum atomic E-state index is -0.970. The molecule has 0 aromatic heterocycles. The highest BCUT2D eigenvalue weighted by Gasteiger charge is 2.28. The van der Waals surface area contributed by atoms with Crippen LogP contribution in [-0.2, 0) is 0 Å². The molecule has 0 spiro atoms. The lowest BCUT2D eigenvalue weighted by Gasteiger charge is -2.28. The van der Waals surface area contributed by atoms with E-state index in [4.69, 9.17) is 10.3 Å². The quantitative estimate of drug-likeness (QED) is 0.512. The van der Waals surface area contributed by atoms with Gasteiger partial charge in [0.2, 0.25) is 0 Å². The molecule has 0 saturated heterocycles. The van der Waals surface area contributed by atoms with Gasteiger partial charge < -0.3 is 9.84 Å². The smallest absolute Gasteiger partial charge is 0.133 e. The third kappa shape index (κ3) is 3.63. The summed E-state index contributed by atoms with van der Waals surface area (Å²) in [6, 6.07) is 5.54. The van der Waals surface area contributed by atoms with Gasteiger partial charge in [-0.25, -0.2) is 0 Å². The molecule has 1 aromatic rings. The van der Waals surface area contributed by atoms with E-state index in [1.807, 2.05) is 18.2 Å². The Kier molecular flexibility index (Phi) is 5.02. The van der Waals surface area contributed by atoms with Gasteiger partial charge in [-0.3, -0.25) is 0 Å². The van der Waals surface area contributed by atoms with E-state index >= 15 is 0 Å². The Hall–Kier alpha value is -1.23. The zero-order valence-corrected chi connectivity index (χ0v) is 12.2. The first kappa shape index (κ1) is 14.8. The first-order valence-electron chi connectivity index (χ1n) is 5.46. The number of benzene rings is 1. The van der Waals surface area contributed by atoms with E-state index in [-0.39, 0.29) is 12.5 Å². The number of hydrogen-bond acceptors (Lipinski definition) is 3. The van der Waals surface area contributed by atoms with E-state index in [1.165, 1.54) is 0 Å². The number of nitrogens with zero attached hydrogens (tertiary/aromatic N) is 3. The van der Waals surface area contributed by atoms with Gasteiger partial charge in [0.25, 0.3) is 0 Å². The Morgan fingerprint density at radius 2 is 2.22 bits per heavy atom. The molecule has 18 heavy (non-hydrogen) atoms. The lowest BCUT2D eigenvalue weighted by atomic mass is 9.85. The van der Waals surface area contributed by atoms with Crippen molar-refractivity contribution >= 4 is 15.9 Å². The van der Waals surface area contributed by atoms with Crippen LogP contribution in [0.15, 0.2) is 27.8 Å². The molecule has 1 atom stereocenters. The largest absolute Gasteiger partial charge is 0.496 e. The second-order valence-electron chi connectivity index (χ2n) is 4.51. The monoisotopic (exact) mass is 313 g/mol. The number of methoxy groups -OCH3 is 1. The van der Waals surface area contributed by atoms with Gasteiger partial charge in [0, 0.05) is 17.4 Å². The summed E-state index contributed by atoms with van der Waals surface area (Å²) in [7, 11) is 1.59. The number of ether oxygens (including phenoxy) is 1. The van der Waals surface area contributed by atoms with Crippen molar-refractivity contribution in [1.29, 1.82) is 0 Å². The lowest BCUT2D eigenvalue weighted by Crippen LogP contribution is -2.30. The van der Waals surface area contributed by atoms with Gasteiger partial charge in [-0.2, -0.15) is 0 Å². The number of rotatable bonds is 5. The van der Waals surface area contributed by atoms with Crippen molar-refractivity contribution in [3.8, 4) is 5.75 Å². The fraction of sp³-hybridized carbons (Fsp3) is 0.500. The maximum Gasteiger partial charge on any atom is 0.133 e. The molecule has 0 aliphatic heterocycles. The molecular formula is C12H16BrN3O2. The Morgan fingerprint density at radius 3 is 2.67 bits per heavy atom. The van der Waals surface area contributed by atoms with Crippen LogP contribution in [0.3, 0.4) is 0 Å². The van der Waals surface area contributed by atoms with Crippen LogP contribution < -0.4 is 4.74 Å². The van der Waals surface area contributed by atoms with Gasteiger partial charge in [-0.05, 0) is 53.0 Å². The highest BCUT2D eigenvalue weighted by molar-refractivity contribution is 9.10. The summed E-state index contributed by atoms with van der Waals surface area (Å²) in [6.07, 6.45) is 0. The van der Waals surface area contributed by atoms with Crippen molar-refractivity contribution in [3.05, 3.63) is 38.7 Å². The van der Waals surface area contributed by atoms with Gasteiger partial charge >= 0.3 is 0 Å². The van der Waals surface area contributed by atoms with Crippen molar-refractivity contribution in [1.82, 2.24) is 0 Å². The average Bonchev–Trinajstić information content (AvgIpc) is 2.28. The summed E-state index contributed by atoms with van der Waals surface area (Å²) in [5.74, 6) is 0.452. The highest BCUT2D eigenvalue weighted by Crippen LogP contribution is 2.33. The Morgan fingerprint density at radius 1 is 1.56 bits per heavy atom. The molecule has 1 rings (SSSR count). The predicted octanol–water partition coefficient (Wildman–Crippen LogP) is 3.62. The molecule has 0 bridgehead atoms. The Balaban J connectivity index is 3.13. The molecule has 98 valence electrons. The van der Waals surface area contributed by atoms with Crippen molar-refractivity contribution in [3.63, 3.8) is 0 Å². The second kappa shape index (κ2) is 6.09. The van der Waals surface area contributed by atoms with Crippen molar-refractivity contribution in [2.75, 3.05) is 13.7 Å². The van der Waals surface area contributed by atoms with Gasteiger partial charge in [0.05, 0.1) is 17.2 Å². The van der Waals surface area contributed by atoms with Crippen molar-refractivity contribution < 1.29 is 9.84 Å². The molecule has 0 amide bonds. The van der Waals surface area contributed by atoms with Crippen LogP contribution in [0.25, 0.3) is 10.4 Å². The van der Waals surface area contributed by atoms with Gasteiger partial charge in [-0.15, -0.1) is 0 Å². The minimum absolute atomic E-state index is 0.207. The molecule has 1 N–H and O–H groups in total. The second-order valence-corrected chi connectivity index (χ2v) is 5.37. The van der Waals surface area contributed by atoms with Crippen LogP contribution in [-0.4, -0.2) is 24.4 Å². The fourth-order valence-corrected chi connectivity index (χ4v) is 2.31. The summed E-state index contributed by atoms with van der Waals surface area (Å²) in [5, 5.41) is 13.7. The predicted molar refractivity (Wildman–Crippen MR) is 73.7 cm³/mol. The summed E-state index contributed by atoms with van der Waals surface area (Å²) < 4.78 is 5.96. The molecule has 5 nitrogen and oxygen atoms in total. The van der Waals surface area contributed by atoms with E-state index < -0.39 is 5.60 Å². The topological polar surface area (TPSA) is 78.2 Å². The molecular weight excluding hydrogens is 298 g/mol. The zero-order valence-electron chi connectivity index (χ0n) is 10.6. The van der Waals surface area contributed by atoms with Crippen LogP contribution in [0.2, 0.25) is 0 Å². The lowest BCUT2D eigenvalue weighted by molar-refractivity contribution is 0.0525. The first-order valence-corrected chi connectivity index (χ1v) is 6.26. The molecule has 0 radical (unpaired) electrons. The summed E-state index contributed by atoms with van der Waals surface area (Å²) in [4.78, 5) is 2.75. The molecule has 0 aliphatic rings. The van der Waals surface area contributed by atoms with Crippen LogP contribution in [0.1, 0.15) is 25.3 Å². The fourth-order valence-electron chi connectivity index (χ4n) is 1.75. The van der Waals surface area contributed by atoms with Crippen molar-refractivity contribution in [2.45, 2.75) is 25.4 Å². The molecule has 6 heteroatoms. The number of halogens is 1. The van der Waals surface area contributed by atoms with E-state index in [0.29, 0.717) is 0 Å². The number of azide groups is 1. The number of hydrogen-bond donors (Lipinski definition) is 1. The van der Waals surface area contributed by atoms with Crippen LogP contribution in [0.5, 0.6) is 5.75 Å². The molecule has 0 aliphatic carbocycles. The van der Waals surface area contributed by atoms with Crippen molar-refractivity contribution in [2.24, 2.45) is 5.11 Å². The van der Waals surface area contributed by atoms with E-state index in [2.05, 4.69) is 26.0 Å². The van der Waals surface area contributed by atoms with Crippen LogP contribution >= 0.6 is 15.9 Å². The van der Waals surface area contributed by atoms with Crippen LogP contribution in [0.4, 0.5) is 0 Å². The van der Waals surface area contributed by atoms with E-state index in [0.717, 1.165) is 15.8 Å². The maximum absolute atomic E-state index is 10.1. The van der Waals surface area contributed by atoms with E-state index in [1.54, 1.807) is 21.0 Å². The third-order valence-corrected chi connectivity index (χ3v) is 3.38. The highest BCUT2D eigenvalue weighted by atomic mass is 79.9. The first-order chi connectivity index (χ1) is 8.40. The molecule has 0 unspecified atom stereocenters. The SMILES string of the molecule is COc1ccc([C@@H](CN=[N+]=[N-])C(C)(C)O)cc1Br. The maximum atomic E-state index is 10.1. The minimum Gasteiger partial charge on any atom is -0.496 e. The molecule has 0 heterocycles. The molecule has 1 aromatic carbocycles. The summed E-state index contributed by atoms with van der Waals surface area (Å²) in [6.45, 7) is 3.60. The number of aliphatic hydroxyl groups is 1. The normalized spacial score (nSPS) is 12.7. The van der Waals surface area contributed by atoms with Gasteiger partial charge in [-0.1, -0.05) is 11.2 Å². The van der Waals surface area contributed by atoms with Crippen LogP contribution in [0, 0.1) is 0 Å². The molecule has 0 fully saturated rings. The third-order valence-electron chi connectivity index (χ3n) is 2.76. The van der Waals surface area contributed by atoms with Gasteiger partial charge in [0.15, 0.2) is 0 Å². The average molecular weight is 314 g/mol. The van der Waals surface area contributed by atoms with Gasteiger partial charge in [0.1, 0.15) is 5.75 Å². The Bertz CT molecular complexity index is 465. The Labute approximate surface area is 115 Å². The summed E-state index contributed by atoms with van der Waals surface area (Å²) in [5.41, 5.74) is 8.33. The summed E-state index contributed by atoms with van der Waals surface area (Å²) >= 11 is 3.40. The standard InChI is InChI=1S/C12H16BrN3O2/c1-12(2,17)9(7-15-16-14)8-4-5-11(18-3)10(13)6-8/h4-6,9,17H,7H2,1-3H3/t9-/m1/s1.